The fourth-order valence-corrected chi connectivity index (χ4v) is 3.10. The number of hydrogen-bond donors (Lipinski definition) is 2. The molecule has 0 amide bonds. The van der Waals surface area contributed by atoms with E-state index in [1.54, 1.807) is 0 Å². The van der Waals surface area contributed by atoms with Crippen molar-refractivity contribution in [3.63, 3.8) is 0 Å². The first-order chi connectivity index (χ1) is 12.7. The largest absolute Gasteiger partial charge is 0.481 e. The molecule has 0 aliphatic carbocycles. The van der Waals surface area contributed by atoms with Crippen molar-refractivity contribution in [2.24, 2.45) is 0 Å². The van der Waals surface area contributed by atoms with E-state index in [9.17, 15) is 9.59 Å². The molecule has 0 atom stereocenters. The van der Waals surface area contributed by atoms with Crippen LogP contribution in [-0.2, 0) is 32.1 Å². The van der Waals surface area contributed by atoms with Crippen molar-refractivity contribution in [3.05, 3.63) is 28.8 Å². The van der Waals surface area contributed by atoms with Crippen molar-refractivity contribution >= 4 is 17.6 Å². The number of carbonyl (C=O) groups is 2. The Hall–Kier alpha value is -2.12. The summed E-state index contributed by atoms with van der Waals surface area (Å²) in [5.41, 5.74) is 3.16. The summed E-state index contributed by atoms with van der Waals surface area (Å²) in [7, 11) is 0. The molecule has 1 heterocycles. The molecule has 7 heteroatoms. The van der Waals surface area contributed by atoms with Gasteiger partial charge < -0.3 is 24.8 Å². The Morgan fingerprint density at radius 1 is 1.22 bits per heavy atom. The molecular formula is C20H30N2O5. The number of piperazine rings is 1. The monoisotopic (exact) mass is 378 g/mol. The predicted octanol–water partition coefficient (Wildman–Crippen LogP) is 1.89. The quantitative estimate of drug-likeness (QED) is 0.701. The van der Waals surface area contributed by atoms with Crippen molar-refractivity contribution in [2.45, 2.75) is 46.3 Å². The van der Waals surface area contributed by atoms with Gasteiger partial charge in [0, 0.05) is 31.9 Å². The smallest absolute Gasteiger partial charge is 0.332 e. The van der Waals surface area contributed by atoms with Gasteiger partial charge in [0.15, 0.2) is 0 Å². The fourth-order valence-electron chi connectivity index (χ4n) is 3.10. The third kappa shape index (κ3) is 6.84. The molecule has 1 aliphatic heterocycles. The van der Waals surface area contributed by atoms with Crippen molar-refractivity contribution in [2.75, 3.05) is 37.7 Å². The minimum absolute atomic E-state index is 0.0432. The Morgan fingerprint density at radius 3 is 2.48 bits per heavy atom. The van der Waals surface area contributed by atoms with Crippen LogP contribution in [0.1, 0.15) is 37.5 Å². The first-order valence-electron chi connectivity index (χ1n) is 9.25. The normalized spacial score (nSPS) is 14.9. The van der Waals surface area contributed by atoms with E-state index in [0.717, 1.165) is 48.6 Å². The van der Waals surface area contributed by atoms with Gasteiger partial charge in [-0.1, -0.05) is 6.07 Å². The van der Waals surface area contributed by atoms with E-state index < -0.39 is 17.5 Å². The molecule has 1 aromatic carbocycles. The van der Waals surface area contributed by atoms with Gasteiger partial charge in [-0.3, -0.25) is 4.79 Å². The second kappa shape index (κ2) is 9.19. The maximum absolute atomic E-state index is 11.8. The zero-order valence-corrected chi connectivity index (χ0v) is 16.6. The van der Waals surface area contributed by atoms with E-state index in [1.807, 2.05) is 39.8 Å². The molecule has 27 heavy (non-hydrogen) atoms. The molecule has 7 nitrogen and oxygen atoms in total. The van der Waals surface area contributed by atoms with Crippen LogP contribution in [0.5, 0.6) is 0 Å². The summed E-state index contributed by atoms with van der Waals surface area (Å²) in [4.78, 5) is 25.3. The number of nitrogens with zero attached hydrogens (tertiary/aromatic N) is 1. The summed E-state index contributed by atoms with van der Waals surface area (Å²) in [6.07, 6.45) is -0.0432. The van der Waals surface area contributed by atoms with Crippen LogP contribution >= 0.6 is 0 Å². The van der Waals surface area contributed by atoms with E-state index in [-0.39, 0.29) is 19.6 Å². The maximum Gasteiger partial charge on any atom is 0.332 e. The lowest BCUT2D eigenvalue weighted by atomic mass is 10.00. The standard InChI is InChI=1S/C20H30N2O5/c1-14-16(12-26-13-19(25)27-20(2,3)4)9-15(11-18(23)24)10-17(14)22-7-5-21-6-8-22/h9-10,21H,5-8,11-13H2,1-4H3,(H,23,24). The fraction of sp³-hybridized carbons (Fsp3) is 0.600. The van der Waals surface area contributed by atoms with Crippen molar-refractivity contribution in [1.82, 2.24) is 5.32 Å². The van der Waals surface area contributed by atoms with Crippen LogP contribution in [0.2, 0.25) is 0 Å². The molecule has 2 N–H and O–H groups in total. The van der Waals surface area contributed by atoms with Crippen LogP contribution in [0.3, 0.4) is 0 Å². The van der Waals surface area contributed by atoms with Gasteiger partial charge >= 0.3 is 11.9 Å². The number of nitrogens with one attached hydrogen (secondary N) is 1. The highest BCUT2D eigenvalue weighted by Gasteiger charge is 2.19. The number of carboxylic acids is 1. The lowest BCUT2D eigenvalue weighted by Crippen LogP contribution is -2.44. The Bertz CT molecular complexity index is 676. The third-order valence-corrected chi connectivity index (χ3v) is 4.26. The molecule has 1 saturated heterocycles. The highest BCUT2D eigenvalue weighted by Crippen LogP contribution is 2.27. The van der Waals surface area contributed by atoms with Crippen LogP contribution in [0, 0.1) is 6.92 Å². The molecule has 0 unspecified atom stereocenters. The Labute approximate surface area is 160 Å². The van der Waals surface area contributed by atoms with Gasteiger partial charge in [-0.2, -0.15) is 0 Å². The molecule has 0 saturated carbocycles. The van der Waals surface area contributed by atoms with E-state index in [0.29, 0.717) is 0 Å². The van der Waals surface area contributed by atoms with Gasteiger partial charge in [-0.25, -0.2) is 4.79 Å². The lowest BCUT2D eigenvalue weighted by Gasteiger charge is -2.32. The number of esters is 1. The summed E-state index contributed by atoms with van der Waals surface area (Å²) in [5, 5.41) is 12.5. The van der Waals surface area contributed by atoms with E-state index in [4.69, 9.17) is 14.6 Å². The number of aliphatic carboxylic acids is 1. The molecule has 1 aromatic rings. The Balaban J connectivity index is 2.13. The number of carbonyl (C=O) groups excluding carboxylic acids is 1. The number of carboxylic acid groups (broad SMARTS) is 1. The van der Waals surface area contributed by atoms with Gasteiger partial charge in [0.2, 0.25) is 0 Å². The van der Waals surface area contributed by atoms with E-state index in [2.05, 4.69) is 10.2 Å². The number of hydrogen-bond acceptors (Lipinski definition) is 6. The second-order valence-electron chi connectivity index (χ2n) is 7.79. The number of anilines is 1. The van der Waals surface area contributed by atoms with Crippen LogP contribution in [0.25, 0.3) is 0 Å². The average molecular weight is 378 g/mol. The van der Waals surface area contributed by atoms with Crippen LogP contribution < -0.4 is 10.2 Å². The van der Waals surface area contributed by atoms with Crippen molar-refractivity contribution < 1.29 is 24.2 Å². The van der Waals surface area contributed by atoms with Gasteiger partial charge in [0.05, 0.1) is 13.0 Å². The van der Waals surface area contributed by atoms with Gasteiger partial charge in [0.25, 0.3) is 0 Å². The first-order valence-corrected chi connectivity index (χ1v) is 9.25. The average Bonchev–Trinajstić information content (AvgIpc) is 2.56. The molecule has 0 spiro atoms. The SMILES string of the molecule is Cc1c(COCC(=O)OC(C)(C)C)cc(CC(=O)O)cc1N1CCNCC1. The molecule has 1 aliphatic rings. The van der Waals surface area contributed by atoms with Crippen LogP contribution in [0.15, 0.2) is 12.1 Å². The van der Waals surface area contributed by atoms with Crippen molar-refractivity contribution in [3.8, 4) is 0 Å². The predicted molar refractivity (Wildman–Crippen MR) is 103 cm³/mol. The molecule has 0 radical (unpaired) electrons. The van der Waals surface area contributed by atoms with Crippen LogP contribution in [-0.4, -0.2) is 55.4 Å². The minimum Gasteiger partial charge on any atom is -0.481 e. The molecule has 0 bridgehead atoms. The molecule has 0 aromatic heterocycles. The minimum atomic E-state index is -0.870. The van der Waals surface area contributed by atoms with Gasteiger partial charge in [0.1, 0.15) is 12.2 Å². The van der Waals surface area contributed by atoms with Gasteiger partial charge in [-0.05, 0) is 50.5 Å². The highest BCUT2D eigenvalue weighted by atomic mass is 16.6. The molecule has 1 fully saturated rings. The van der Waals surface area contributed by atoms with E-state index >= 15 is 0 Å². The summed E-state index contributed by atoms with van der Waals surface area (Å²) in [5.74, 6) is -1.28. The summed E-state index contributed by atoms with van der Waals surface area (Å²) in [6, 6.07) is 3.80. The van der Waals surface area contributed by atoms with E-state index in [1.165, 1.54) is 0 Å². The summed E-state index contributed by atoms with van der Waals surface area (Å²) >= 11 is 0. The Kier molecular flexibility index (Phi) is 7.21. The lowest BCUT2D eigenvalue weighted by molar-refractivity contribution is -0.160. The second-order valence-corrected chi connectivity index (χ2v) is 7.79. The summed E-state index contributed by atoms with van der Waals surface area (Å²) in [6.45, 7) is 11.1. The number of ether oxygens (including phenoxy) is 2. The number of rotatable bonds is 7. The van der Waals surface area contributed by atoms with Crippen molar-refractivity contribution in [1.29, 1.82) is 0 Å². The van der Waals surface area contributed by atoms with Crippen LogP contribution in [0.4, 0.5) is 5.69 Å². The zero-order chi connectivity index (χ0) is 20.0. The van der Waals surface area contributed by atoms with Gasteiger partial charge in [-0.15, -0.1) is 0 Å². The molecule has 2 rings (SSSR count). The zero-order valence-electron chi connectivity index (χ0n) is 16.6. The highest BCUT2D eigenvalue weighted by molar-refractivity contribution is 5.72. The third-order valence-electron chi connectivity index (χ3n) is 4.26. The molecular weight excluding hydrogens is 348 g/mol. The maximum atomic E-state index is 11.8. The first kappa shape index (κ1) is 21.2. The molecule has 150 valence electrons. The summed E-state index contributed by atoms with van der Waals surface area (Å²) < 4.78 is 10.8. The number of benzene rings is 1. The Morgan fingerprint density at radius 2 is 1.89 bits per heavy atom. The topological polar surface area (TPSA) is 88.1 Å².